The van der Waals surface area contributed by atoms with Gasteiger partial charge in [0.25, 0.3) is 5.91 Å². The van der Waals surface area contributed by atoms with Gasteiger partial charge in [-0.05, 0) is 30.3 Å². The molecule has 0 aliphatic heterocycles. The van der Waals surface area contributed by atoms with Crippen LogP contribution < -0.4 is 10.6 Å². The smallest absolute Gasteiger partial charge is 0.254 e. The number of aromatic nitrogens is 3. The van der Waals surface area contributed by atoms with Gasteiger partial charge in [0.1, 0.15) is 11.6 Å². The molecule has 1 aromatic heterocycles. The lowest BCUT2D eigenvalue weighted by Crippen LogP contribution is -2.27. The van der Waals surface area contributed by atoms with E-state index < -0.39 is 11.7 Å². The molecule has 0 aliphatic carbocycles. The minimum absolute atomic E-state index is 0.0105. The monoisotopic (exact) mass is 481 g/mol. The predicted octanol–water partition coefficient (Wildman–Crippen LogP) is 3.96. The lowest BCUT2D eigenvalue weighted by atomic mass is 10.2. The summed E-state index contributed by atoms with van der Waals surface area (Å²) in [6, 6.07) is 10.6. The van der Waals surface area contributed by atoms with Gasteiger partial charge in [-0.1, -0.05) is 47.1 Å². The summed E-state index contributed by atoms with van der Waals surface area (Å²) in [6.45, 7) is 0.264. The average molecular weight is 482 g/mol. The van der Waals surface area contributed by atoms with Crippen LogP contribution in [0.15, 0.2) is 47.6 Å². The third kappa shape index (κ3) is 6.43. The van der Waals surface area contributed by atoms with Crippen molar-refractivity contribution >= 4 is 52.5 Å². The molecular weight excluding hydrogens is 464 g/mol. The van der Waals surface area contributed by atoms with E-state index in [1.165, 1.54) is 30.0 Å². The molecule has 0 saturated heterocycles. The van der Waals surface area contributed by atoms with E-state index in [0.717, 1.165) is 0 Å². The van der Waals surface area contributed by atoms with Crippen molar-refractivity contribution in [1.29, 1.82) is 0 Å². The Bertz CT molecular complexity index is 1090. The third-order valence-corrected chi connectivity index (χ3v) is 5.61. The van der Waals surface area contributed by atoms with Crippen molar-refractivity contribution in [3.05, 3.63) is 69.7 Å². The number of benzene rings is 2. The standard InChI is InChI=1S/C20H18Cl2FN5O2S/c1-28-17(6-7-24-19(30)15-4-2-3-5-16(15)23)26-27-20(28)31-11-18(29)25-14-9-12(21)8-13(22)10-14/h2-5,8-10H,6-7,11H2,1H3,(H,24,30)(H,25,29). The molecule has 2 amide bonds. The van der Waals surface area contributed by atoms with E-state index in [1.807, 2.05) is 0 Å². The zero-order valence-electron chi connectivity index (χ0n) is 16.4. The van der Waals surface area contributed by atoms with Crippen LogP contribution in [0, 0.1) is 5.82 Å². The fourth-order valence-electron chi connectivity index (χ4n) is 2.67. The molecular formula is C20H18Cl2FN5O2S. The van der Waals surface area contributed by atoms with Gasteiger partial charge in [0.2, 0.25) is 5.91 Å². The average Bonchev–Trinajstić information content (AvgIpc) is 3.05. The largest absolute Gasteiger partial charge is 0.351 e. The van der Waals surface area contributed by atoms with E-state index in [-0.39, 0.29) is 23.8 Å². The Kier molecular flexibility index (Phi) is 7.89. The van der Waals surface area contributed by atoms with Gasteiger partial charge in [0, 0.05) is 35.7 Å². The van der Waals surface area contributed by atoms with Gasteiger partial charge in [-0.15, -0.1) is 10.2 Å². The highest BCUT2D eigenvalue weighted by molar-refractivity contribution is 7.99. The lowest BCUT2D eigenvalue weighted by Gasteiger charge is -2.07. The van der Waals surface area contributed by atoms with Gasteiger partial charge in [-0.25, -0.2) is 4.39 Å². The van der Waals surface area contributed by atoms with E-state index in [9.17, 15) is 14.0 Å². The molecule has 162 valence electrons. The molecule has 0 spiro atoms. The minimum atomic E-state index is -0.573. The van der Waals surface area contributed by atoms with Crippen LogP contribution in [0.4, 0.5) is 10.1 Å². The molecule has 0 atom stereocenters. The molecule has 0 fully saturated rings. The van der Waals surface area contributed by atoms with Crippen molar-refractivity contribution in [1.82, 2.24) is 20.1 Å². The van der Waals surface area contributed by atoms with Crippen LogP contribution >= 0.6 is 35.0 Å². The highest BCUT2D eigenvalue weighted by Crippen LogP contribution is 2.23. The predicted molar refractivity (Wildman–Crippen MR) is 119 cm³/mol. The lowest BCUT2D eigenvalue weighted by molar-refractivity contribution is -0.113. The number of rotatable bonds is 8. The summed E-state index contributed by atoms with van der Waals surface area (Å²) in [7, 11) is 1.77. The summed E-state index contributed by atoms with van der Waals surface area (Å²) in [5, 5.41) is 14.9. The Morgan fingerprint density at radius 1 is 1.13 bits per heavy atom. The van der Waals surface area contributed by atoms with Crippen molar-refractivity contribution in [2.45, 2.75) is 11.6 Å². The summed E-state index contributed by atoms with van der Waals surface area (Å²) in [5.74, 6) is -0.577. The van der Waals surface area contributed by atoms with Crippen molar-refractivity contribution in [3.63, 3.8) is 0 Å². The molecule has 31 heavy (non-hydrogen) atoms. The first-order valence-electron chi connectivity index (χ1n) is 9.13. The quantitative estimate of drug-likeness (QED) is 0.475. The second-order valence-electron chi connectivity index (χ2n) is 6.44. The first-order chi connectivity index (χ1) is 14.8. The molecule has 0 aliphatic rings. The Balaban J connectivity index is 1.49. The van der Waals surface area contributed by atoms with Crippen molar-refractivity contribution in [2.24, 2.45) is 7.05 Å². The minimum Gasteiger partial charge on any atom is -0.351 e. The molecule has 0 saturated carbocycles. The van der Waals surface area contributed by atoms with Gasteiger partial charge < -0.3 is 15.2 Å². The number of hydrogen-bond acceptors (Lipinski definition) is 5. The number of amides is 2. The second-order valence-corrected chi connectivity index (χ2v) is 8.25. The van der Waals surface area contributed by atoms with Crippen molar-refractivity contribution in [2.75, 3.05) is 17.6 Å². The fraction of sp³-hybridized carbons (Fsp3) is 0.200. The molecule has 11 heteroatoms. The van der Waals surface area contributed by atoms with Crippen LogP contribution in [-0.2, 0) is 18.3 Å². The van der Waals surface area contributed by atoms with E-state index in [2.05, 4.69) is 20.8 Å². The Hall–Kier alpha value is -2.62. The maximum absolute atomic E-state index is 13.6. The molecule has 3 rings (SSSR count). The summed E-state index contributed by atoms with van der Waals surface area (Å²) in [5.41, 5.74) is 0.496. The van der Waals surface area contributed by atoms with Gasteiger partial charge in [0.05, 0.1) is 11.3 Å². The van der Waals surface area contributed by atoms with Crippen LogP contribution in [0.1, 0.15) is 16.2 Å². The normalized spacial score (nSPS) is 10.7. The van der Waals surface area contributed by atoms with Gasteiger partial charge >= 0.3 is 0 Å². The molecule has 2 aromatic carbocycles. The number of carbonyl (C=O) groups is 2. The number of thioether (sulfide) groups is 1. The van der Waals surface area contributed by atoms with E-state index >= 15 is 0 Å². The summed E-state index contributed by atoms with van der Waals surface area (Å²) in [6.07, 6.45) is 0.400. The van der Waals surface area contributed by atoms with Crippen LogP contribution in [0.2, 0.25) is 10.0 Å². The molecule has 0 unspecified atom stereocenters. The van der Waals surface area contributed by atoms with Crippen LogP contribution in [0.3, 0.4) is 0 Å². The van der Waals surface area contributed by atoms with Crippen LogP contribution in [0.5, 0.6) is 0 Å². The fourth-order valence-corrected chi connectivity index (χ4v) is 3.93. The van der Waals surface area contributed by atoms with E-state index in [1.54, 1.807) is 35.9 Å². The molecule has 2 N–H and O–H groups in total. The molecule has 3 aromatic rings. The topological polar surface area (TPSA) is 88.9 Å². The zero-order valence-corrected chi connectivity index (χ0v) is 18.7. The van der Waals surface area contributed by atoms with E-state index in [0.29, 0.717) is 33.1 Å². The van der Waals surface area contributed by atoms with Gasteiger partial charge in [0.15, 0.2) is 5.16 Å². The van der Waals surface area contributed by atoms with E-state index in [4.69, 9.17) is 23.2 Å². The van der Waals surface area contributed by atoms with Gasteiger partial charge in [-0.3, -0.25) is 9.59 Å². The van der Waals surface area contributed by atoms with Crippen LogP contribution in [0.25, 0.3) is 0 Å². The SMILES string of the molecule is Cn1c(CCNC(=O)c2ccccc2F)nnc1SCC(=O)Nc1cc(Cl)cc(Cl)c1. The van der Waals surface area contributed by atoms with Crippen molar-refractivity contribution < 1.29 is 14.0 Å². The third-order valence-electron chi connectivity index (χ3n) is 4.16. The molecule has 0 radical (unpaired) electrons. The number of carbonyl (C=O) groups excluding carboxylic acids is 2. The highest BCUT2D eigenvalue weighted by Gasteiger charge is 2.14. The Labute approximate surface area is 192 Å². The zero-order chi connectivity index (χ0) is 22.4. The number of nitrogens with zero attached hydrogens (tertiary/aromatic N) is 3. The highest BCUT2D eigenvalue weighted by atomic mass is 35.5. The first-order valence-corrected chi connectivity index (χ1v) is 10.9. The summed E-state index contributed by atoms with van der Waals surface area (Å²) in [4.78, 5) is 24.2. The number of halogens is 3. The number of hydrogen-bond donors (Lipinski definition) is 2. The van der Waals surface area contributed by atoms with Crippen LogP contribution in [-0.4, -0.2) is 38.9 Å². The maximum Gasteiger partial charge on any atom is 0.254 e. The summed E-state index contributed by atoms with van der Waals surface area (Å²) < 4.78 is 15.4. The maximum atomic E-state index is 13.6. The van der Waals surface area contributed by atoms with Gasteiger partial charge in [-0.2, -0.15) is 0 Å². The number of anilines is 1. The molecule has 7 nitrogen and oxygen atoms in total. The second kappa shape index (κ2) is 10.6. The summed E-state index contributed by atoms with van der Waals surface area (Å²) >= 11 is 13.1. The molecule has 0 bridgehead atoms. The van der Waals surface area contributed by atoms with Crippen molar-refractivity contribution in [3.8, 4) is 0 Å². The first kappa shape index (κ1) is 23.1. The Morgan fingerprint density at radius 3 is 2.55 bits per heavy atom. The number of nitrogens with one attached hydrogen (secondary N) is 2. The Morgan fingerprint density at radius 2 is 1.84 bits per heavy atom. The molecule has 1 heterocycles.